The van der Waals surface area contributed by atoms with Crippen LogP contribution in [0.5, 0.6) is 11.5 Å². The predicted molar refractivity (Wildman–Crippen MR) is 82.5 cm³/mol. The Hall–Kier alpha value is -2.82. The van der Waals surface area contributed by atoms with Crippen LogP contribution in [0.1, 0.15) is 11.6 Å². The molecule has 134 valence electrons. The maximum Gasteiger partial charge on any atom is 0.433 e. The first-order chi connectivity index (χ1) is 12.5. The van der Waals surface area contributed by atoms with Crippen LogP contribution in [0, 0.1) is 0 Å². The van der Waals surface area contributed by atoms with Crippen molar-refractivity contribution < 1.29 is 27.2 Å². The Morgan fingerprint density at radius 1 is 1.08 bits per heavy atom. The molecular formula is C15H9F3N4O3S. The molecule has 1 aromatic carbocycles. The third-order valence-corrected chi connectivity index (χ3v) is 4.19. The van der Waals surface area contributed by atoms with Crippen molar-refractivity contribution in [1.29, 1.82) is 0 Å². The maximum atomic E-state index is 12.7. The Labute approximate surface area is 148 Å². The van der Waals surface area contributed by atoms with Gasteiger partial charge in [0.05, 0.1) is 5.75 Å². The van der Waals surface area contributed by atoms with Gasteiger partial charge >= 0.3 is 6.18 Å². The summed E-state index contributed by atoms with van der Waals surface area (Å²) in [4.78, 5) is 11.5. The lowest BCUT2D eigenvalue weighted by Crippen LogP contribution is -2.08. The highest BCUT2D eigenvalue weighted by atomic mass is 32.2. The van der Waals surface area contributed by atoms with Gasteiger partial charge in [-0.15, -0.1) is 0 Å². The van der Waals surface area contributed by atoms with Gasteiger partial charge in [-0.05, 0) is 24.3 Å². The highest BCUT2D eigenvalue weighted by molar-refractivity contribution is 7.98. The number of nitrogens with zero attached hydrogens (tertiary/aromatic N) is 4. The zero-order valence-electron chi connectivity index (χ0n) is 12.9. The Kier molecular flexibility index (Phi) is 4.15. The van der Waals surface area contributed by atoms with Crippen molar-refractivity contribution in [2.45, 2.75) is 17.1 Å². The van der Waals surface area contributed by atoms with Crippen molar-refractivity contribution >= 4 is 11.8 Å². The first-order valence-corrected chi connectivity index (χ1v) is 8.23. The van der Waals surface area contributed by atoms with Crippen molar-refractivity contribution in [1.82, 2.24) is 20.1 Å². The molecule has 3 aromatic rings. The Balaban J connectivity index is 1.46. The van der Waals surface area contributed by atoms with Crippen molar-refractivity contribution in [3.05, 3.63) is 42.0 Å². The van der Waals surface area contributed by atoms with E-state index in [1.165, 1.54) is 0 Å². The number of fused-ring (bicyclic) bond motifs is 1. The van der Waals surface area contributed by atoms with Crippen molar-refractivity contribution in [3.8, 4) is 22.9 Å². The Bertz CT molecular complexity index is 948. The van der Waals surface area contributed by atoms with E-state index in [1.54, 1.807) is 18.2 Å². The van der Waals surface area contributed by atoms with Gasteiger partial charge in [0.15, 0.2) is 16.7 Å². The number of hydrogen-bond acceptors (Lipinski definition) is 8. The highest BCUT2D eigenvalue weighted by Gasteiger charge is 2.32. The molecule has 0 radical (unpaired) electrons. The van der Waals surface area contributed by atoms with Gasteiger partial charge in [0.25, 0.3) is 0 Å². The van der Waals surface area contributed by atoms with E-state index in [0.29, 0.717) is 22.9 Å². The van der Waals surface area contributed by atoms with Crippen LogP contribution in [-0.4, -0.2) is 26.9 Å². The minimum Gasteiger partial charge on any atom is -0.454 e. The first-order valence-electron chi connectivity index (χ1n) is 7.25. The van der Waals surface area contributed by atoms with E-state index >= 15 is 0 Å². The van der Waals surface area contributed by atoms with Crippen LogP contribution in [0.4, 0.5) is 13.2 Å². The van der Waals surface area contributed by atoms with E-state index in [1.807, 2.05) is 0 Å². The molecule has 0 unspecified atom stereocenters. The zero-order chi connectivity index (χ0) is 18.1. The predicted octanol–water partition coefficient (Wildman–Crippen LogP) is 3.57. The summed E-state index contributed by atoms with van der Waals surface area (Å²) in [5.41, 5.74) is -0.328. The number of halogens is 3. The summed E-state index contributed by atoms with van der Waals surface area (Å²) in [6, 6.07) is 6.03. The minimum atomic E-state index is -4.52. The Morgan fingerprint density at radius 3 is 2.77 bits per heavy atom. The van der Waals surface area contributed by atoms with Crippen LogP contribution in [0.3, 0.4) is 0 Å². The quantitative estimate of drug-likeness (QED) is 0.500. The normalized spacial score (nSPS) is 13.2. The molecule has 2 aromatic heterocycles. The molecule has 11 heteroatoms. The molecule has 0 saturated carbocycles. The van der Waals surface area contributed by atoms with E-state index in [2.05, 4.69) is 20.1 Å². The molecule has 0 amide bonds. The van der Waals surface area contributed by atoms with Crippen LogP contribution in [0.15, 0.2) is 40.1 Å². The summed E-state index contributed by atoms with van der Waals surface area (Å²) in [6.45, 7) is 0.157. The fourth-order valence-electron chi connectivity index (χ4n) is 2.16. The number of ether oxygens (including phenoxy) is 2. The molecule has 0 atom stereocenters. The molecule has 0 N–H and O–H groups in total. The van der Waals surface area contributed by atoms with Crippen LogP contribution in [-0.2, 0) is 11.9 Å². The second kappa shape index (κ2) is 6.48. The fraction of sp³-hybridized carbons (Fsp3) is 0.200. The average Bonchev–Trinajstić information content (AvgIpc) is 3.28. The van der Waals surface area contributed by atoms with Gasteiger partial charge in [-0.1, -0.05) is 16.9 Å². The molecule has 0 spiro atoms. The lowest BCUT2D eigenvalue weighted by molar-refractivity contribution is -0.141. The number of thioether (sulfide) groups is 1. The molecule has 4 rings (SSSR count). The lowest BCUT2D eigenvalue weighted by Gasteiger charge is -2.05. The number of alkyl halides is 3. The Morgan fingerprint density at radius 2 is 1.92 bits per heavy atom. The third-order valence-electron chi connectivity index (χ3n) is 3.35. The van der Waals surface area contributed by atoms with E-state index in [4.69, 9.17) is 14.0 Å². The van der Waals surface area contributed by atoms with Gasteiger partial charge in [-0.3, -0.25) is 0 Å². The molecule has 0 saturated heterocycles. The largest absolute Gasteiger partial charge is 0.454 e. The van der Waals surface area contributed by atoms with Gasteiger partial charge in [0, 0.05) is 11.8 Å². The highest BCUT2D eigenvalue weighted by Crippen LogP contribution is 2.35. The summed E-state index contributed by atoms with van der Waals surface area (Å²) >= 11 is 0.969. The summed E-state index contributed by atoms with van der Waals surface area (Å²) in [6.07, 6.45) is -3.46. The molecule has 3 heterocycles. The second-order valence-corrected chi connectivity index (χ2v) is 6.03. The van der Waals surface area contributed by atoms with Gasteiger partial charge < -0.3 is 14.0 Å². The van der Waals surface area contributed by atoms with Crippen LogP contribution < -0.4 is 9.47 Å². The second-order valence-electron chi connectivity index (χ2n) is 5.09. The lowest BCUT2D eigenvalue weighted by atomic mass is 10.2. The summed E-state index contributed by atoms with van der Waals surface area (Å²) in [7, 11) is 0. The van der Waals surface area contributed by atoms with Gasteiger partial charge in [0.2, 0.25) is 18.5 Å². The molecule has 0 aliphatic carbocycles. The smallest absolute Gasteiger partial charge is 0.433 e. The van der Waals surface area contributed by atoms with E-state index < -0.39 is 11.9 Å². The number of benzene rings is 1. The number of aromatic nitrogens is 4. The van der Waals surface area contributed by atoms with Crippen LogP contribution >= 0.6 is 11.8 Å². The first kappa shape index (κ1) is 16.6. The van der Waals surface area contributed by atoms with Crippen molar-refractivity contribution in [3.63, 3.8) is 0 Å². The van der Waals surface area contributed by atoms with Crippen LogP contribution in [0.25, 0.3) is 11.4 Å². The molecule has 1 aliphatic rings. The molecule has 0 fully saturated rings. The van der Waals surface area contributed by atoms with E-state index in [0.717, 1.165) is 24.0 Å². The fourth-order valence-corrected chi connectivity index (χ4v) is 2.83. The molecule has 26 heavy (non-hydrogen) atoms. The number of hydrogen-bond donors (Lipinski definition) is 0. The number of rotatable bonds is 4. The van der Waals surface area contributed by atoms with Gasteiger partial charge in [-0.2, -0.15) is 18.2 Å². The van der Waals surface area contributed by atoms with Gasteiger partial charge in [-0.25, -0.2) is 9.97 Å². The van der Waals surface area contributed by atoms with Crippen molar-refractivity contribution in [2.75, 3.05) is 6.79 Å². The molecule has 7 nitrogen and oxygen atoms in total. The maximum absolute atomic E-state index is 12.7. The molecular weight excluding hydrogens is 373 g/mol. The molecule has 1 aliphatic heterocycles. The van der Waals surface area contributed by atoms with E-state index in [-0.39, 0.29) is 23.6 Å². The summed E-state index contributed by atoms with van der Waals surface area (Å²) < 4.78 is 53.6. The van der Waals surface area contributed by atoms with Crippen LogP contribution in [0.2, 0.25) is 0 Å². The zero-order valence-corrected chi connectivity index (χ0v) is 13.7. The van der Waals surface area contributed by atoms with Gasteiger partial charge in [0.1, 0.15) is 5.69 Å². The van der Waals surface area contributed by atoms with E-state index in [9.17, 15) is 13.2 Å². The standard InChI is InChI=1S/C15H9F3N4O3S/c16-15(17,18)11-3-4-19-14(20-11)26-6-12-21-13(22-25-12)8-1-2-9-10(5-8)24-7-23-9/h1-5H,6-7H2. The summed E-state index contributed by atoms with van der Waals surface area (Å²) in [5, 5.41) is 3.84. The monoisotopic (exact) mass is 382 g/mol. The molecule has 0 bridgehead atoms. The topological polar surface area (TPSA) is 83.2 Å². The van der Waals surface area contributed by atoms with Crippen molar-refractivity contribution in [2.24, 2.45) is 0 Å². The summed E-state index contributed by atoms with van der Waals surface area (Å²) in [5.74, 6) is 1.93. The minimum absolute atomic E-state index is 0.0253. The third kappa shape index (κ3) is 3.43. The average molecular weight is 382 g/mol. The SMILES string of the molecule is FC(F)(F)c1ccnc(SCc2nc(-c3ccc4c(c3)OCO4)no2)n1.